The second-order valence-electron chi connectivity index (χ2n) is 9.29. The van der Waals surface area contributed by atoms with E-state index in [1.165, 1.54) is 12.8 Å². The summed E-state index contributed by atoms with van der Waals surface area (Å²) in [6, 6.07) is 8.89. The maximum Gasteiger partial charge on any atom is 0.508 e. The molecule has 1 saturated heterocycles. The van der Waals surface area contributed by atoms with Crippen molar-refractivity contribution >= 4 is 26.1 Å². The van der Waals surface area contributed by atoms with Crippen LogP contribution in [0, 0.1) is 0 Å². The van der Waals surface area contributed by atoms with Gasteiger partial charge in [-0.3, -0.25) is 0 Å². The maximum atomic E-state index is 12.7. The molecule has 0 bridgehead atoms. The normalized spacial score (nSPS) is 16.1. The average molecular weight is 538 g/mol. The van der Waals surface area contributed by atoms with Crippen molar-refractivity contribution in [1.82, 2.24) is 10.6 Å². The number of rotatable bonds is 18. The molecule has 0 aliphatic carbocycles. The number of esters is 2. The van der Waals surface area contributed by atoms with Crippen LogP contribution in [0.4, 0.5) is 4.79 Å². The summed E-state index contributed by atoms with van der Waals surface area (Å²) in [5, 5.41) is 5.68. The van der Waals surface area contributed by atoms with Crippen molar-refractivity contribution in [3.63, 3.8) is 0 Å². The minimum absolute atomic E-state index is 0.184. The second-order valence-corrected chi connectivity index (χ2v) is 10.6. The third kappa shape index (κ3) is 13.7. The highest BCUT2D eigenvalue weighted by Gasteiger charge is 2.34. The van der Waals surface area contributed by atoms with Gasteiger partial charge in [-0.15, -0.1) is 4.52 Å². The first kappa shape index (κ1) is 30.9. The van der Waals surface area contributed by atoms with Crippen LogP contribution in [-0.2, 0) is 34.8 Å². The lowest BCUT2D eigenvalue weighted by molar-refractivity contribution is -0.166. The zero-order valence-corrected chi connectivity index (χ0v) is 22.8. The molecule has 0 saturated carbocycles. The molecule has 1 heterocycles. The molecule has 1 aliphatic rings. The molecular weight excluding hydrogens is 495 g/mol. The molecule has 37 heavy (non-hydrogen) atoms. The molecule has 10 heteroatoms. The van der Waals surface area contributed by atoms with Gasteiger partial charge in [-0.2, -0.15) is 0 Å². The van der Waals surface area contributed by atoms with E-state index in [4.69, 9.17) is 14.0 Å². The van der Waals surface area contributed by atoms with Gasteiger partial charge in [-0.1, -0.05) is 62.9 Å². The highest BCUT2D eigenvalue weighted by atomic mass is 31.1. The van der Waals surface area contributed by atoms with E-state index in [9.17, 15) is 18.9 Å². The zero-order valence-electron chi connectivity index (χ0n) is 22.0. The predicted molar refractivity (Wildman–Crippen MR) is 141 cm³/mol. The standard InChI is InChI=1S/C27H41N2O7P/c1-2-3-4-5-6-12-20-37(33)36-24(26(31)35-25(30)23-16-13-19-28-23)17-10-11-18-29-27(32)34-21-22-14-8-7-9-15-22/h7-9,14-15,23-24,28H,2-6,10-13,16-21H2,1H3/p+1/t23-,24?/m0/s1. The summed E-state index contributed by atoms with van der Waals surface area (Å²) < 4.78 is 28.3. The van der Waals surface area contributed by atoms with Crippen molar-refractivity contribution in [2.75, 3.05) is 19.3 Å². The highest BCUT2D eigenvalue weighted by molar-refractivity contribution is 7.39. The predicted octanol–water partition coefficient (Wildman–Crippen LogP) is 5.39. The Balaban J connectivity index is 1.72. The molecule has 2 unspecified atom stereocenters. The van der Waals surface area contributed by atoms with Crippen LogP contribution in [0.1, 0.15) is 83.1 Å². The number of ether oxygens (including phenoxy) is 2. The third-order valence-corrected chi connectivity index (χ3v) is 7.29. The molecule has 0 spiro atoms. The van der Waals surface area contributed by atoms with Gasteiger partial charge in [0.05, 0.1) is 0 Å². The lowest BCUT2D eigenvalue weighted by Gasteiger charge is -2.13. The molecule has 1 aliphatic heterocycles. The quantitative estimate of drug-likeness (QED) is 0.111. The first-order valence-corrected chi connectivity index (χ1v) is 14.9. The summed E-state index contributed by atoms with van der Waals surface area (Å²) in [6.45, 7) is 3.40. The number of hydrogen-bond acceptors (Lipinski definition) is 8. The first-order valence-electron chi connectivity index (χ1n) is 13.5. The van der Waals surface area contributed by atoms with E-state index in [1.807, 2.05) is 30.3 Å². The smallest absolute Gasteiger partial charge is 0.445 e. The minimum atomic E-state index is -2.04. The lowest BCUT2D eigenvalue weighted by atomic mass is 10.1. The van der Waals surface area contributed by atoms with Gasteiger partial charge in [0.15, 0.2) is 6.16 Å². The molecule has 9 nitrogen and oxygen atoms in total. The number of nitrogens with one attached hydrogen (secondary N) is 2. The van der Waals surface area contributed by atoms with E-state index in [2.05, 4.69) is 17.6 Å². The Bertz CT molecular complexity index is 831. The molecule has 1 aromatic carbocycles. The van der Waals surface area contributed by atoms with Crippen molar-refractivity contribution < 1.29 is 32.9 Å². The molecule has 1 aromatic rings. The number of carbonyl (C=O) groups excluding carboxylic acids is 3. The Morgan fingerprint density at radius 2 is 1.81 bits per heavy atom. The molecule has 1 fully saturated rings. The number of benzene rings is 1. The highest BCUT2D eigenvalue weighted by Crippen LogP contribution is 2.29. The van der Waals surface area contributed by atoms with E-state index in [-0.39, 0.29) is 13.0 Å². The Labute approximate surface area is 221 Å². The van der Waals surface area contributed by atoms with Crippen molar-refractivity contribution in [2.24, 2.45) is 0 Å². The van der Waals surface area contributed by atoms with Gasteiger partial charge < -0.3 is 20.1 Å². The number of carbonyl (C=O) groups is 3. The summed E-state index contributed by atoms with van der Waals surface area (Å²) in [5.74, 6) is -1.43. The van der Waals surface area contributed by atoms with Crippen LogP contribution in [-0.4, -0.2) is 49.4 Å². The third-order valence-electron chi connectivity index (χ3n) is 6.12. The molecule has 2 rings (SSSR count). The average Bonchev–Trinajstić information content (AvgIpc) is 3.44. The molecule has 206 valence electrons. The Morgan fingerprint density at radius 1 is 1.05 bits per heavy atom. The summed E-state index contributed by atoms with van der Waals surface area (Å²) in [4.78, 5) is 36.8. The van der Waals surface area contributed by atoms with Crippen LogP contribution in [0.15, 0.2) is 30.3 Å². The van der Waals surface area contributed by atoms with Gasteiger partial charge in [-0.05, 0) is 61.6 Å². The Kier molecular flexibility index (Phi) is 15.7. The Morgan fingerprint density at radius 3 is 2.54 bits per heavy atom. The van der Waals surface area contributed by atoms with Crippen molar-refractivity contribution in [2.45, 2.75) is 96.3 Å². The number of alkyl carbamates (subject to hydrolysis) is 1. The molecule has 0 radical (unpaired) electrons. The summed E-state index contributed by atoms with van der Waals surface area (Å²) in [7, 11) is -2.04. The fraction of sp³-hybridized carbons (Fsp3) is 0.667. The van der Waals surface area contributed by atoms with Crippen LogP contribution in [0.3, 0.4) is 0 Å². The van der Waals surface area contributed by atoms with Gasteiger partial charge in [0.25, 0.3) is 0 Å². The molecular formula is C27H42N2O7P+. The SMILES string of the molecule is CCCCCCCC[P+](=O)OC(CCCCNC(=O)OCc1ccccc1)C(=O)OC(=O)[C@@H]1CCCN1. The van der Waals surface area contributed by atoms with Crippen molar-refractivity contribution in [1.29, 1.82) is 0 Å². The van der Waals surface area contributed by atoms with Crippen LogP contribution in [0.2, 0.25) is 0 Å². The second kappa shape index (κ2) is 18.8. The van der Waals surface area contributed by atoms with Crippen LogP contribution < -0.4 is 10.6 Å². The van der Waals surface area contributed by atoms with Crippen molar-refractivity contribution in [3.05, 3.63) is 35.9 Å². The largest absolute Gasteiger partial charge is 0.508 e. The van der Waals surface area contributed by atoms with E-state index < -0.39 is 38.2 Å². The number of unbranched alkanes of at least 4 members (excludes halogenated alkanes) is 6. The lowest BCUT2D eigenvalue weighted by Crippen LogP contribution is -2.37. The number of amides is 1. The van der Waals surface area contributed by atoms with Crippen LogP contribution in [0.5, 0.6) is 0 Å². The topological polar surface area (TPSA) is 120 Å². The molecule has 3 atom stereocenters. The van der Waals surface area contributed by atoms with Gasteiger partial charge in [0.1, 0.15) is 12.6 Å². The van der Waals surface area contributed by atoms with Crippen LogP contribution >= 0.6 is 8.03 Å². The van der Waals surface area contributed by atoms with Gasteiger partial charge in [0.2, 0.25) is 6.10 Å². The maximum absolute atomic E-state index is 12.7. The first-order chi connectivity index (χ1) is 18.0. The van der Waals surface area contributed by atoms with E-state index in [0.717, 1.165) is 37.7 Å². The molecule has 1 amide bonds. The van der Waals surface area contributed by atoms with Gasteiger partial charge >= 0.3 is 26.1 Å². The zero-order chi connectivity index (χ0) is 26.7. The molecule has 0 aromatic heterocycles. The molecule has 2 N–H and O–H groups in total. The van der Waals surface area contributed by atoms with E-state index in [0.29, 0.717) is 38.5 Å². The summed E-state index contributed by atoms with van der Waals surface area (Å²) in [5.41, 5.74) is 0.897. The van der Waals surface area contributed by atoms with E-state index in [1.54, 1.807) is 0 Å². The van der Waals surface area contributed by atoms with Gasteiger partial charge in [-0.25, -0.2) is 14.4 Å². The summed E-state index contributed by atoms with van der Waals surface area (Å²) in [6.07, 6.45) is 7.88. The van der Waals surface area contributed by atoms with Crippen LogP contribution in [0.25, 0.3) is 0 Å². The fourth-order valence-electron chi connectivity index (χ4n) is 3.97. The Hall–Kier alpha value is -2.35. The minimum Gasteiger partial charge on any atom is -0.445 e. The number of hydrogen-bond donors (Lipinski definition) is 2. The van der Waals surface area contributed by atoms with Crippen molar-refractivity contribution in [3.8, 4) is 0 Å². The monoisotopic (exact) mass is 537 g/mol. The fourth-order valence-corrected chi connectivity index (χ4v) is 5.03. The van der Waals surface area contributed by atoms with E-state index >= 15 is 0 Å². The summed E-state index contributed by atoms with van der Waals surface area (Å²) >= 11 is 0. The van der Waals surface area contributed by atoms with Gasteiger partial charge in [0, 0.05) is 6.54 Å².